The second kappa shape index (κ2) is 13.7. The van der Waals surface area contributed by atoms with Gasteiger partial charge in [0.05, 0.1) is 32.1 Å². The van der Waals surface area contributed by atoms with Crippen LogP contribution in [0.1, 0.15) is 23.6 Å². The molecular weight excluding hydrogens is 568 g/mol. The highest BCUT2D eigenvalue weighted by atomic mass is 16.5. The Bertz CT molecular complexity index is 1780. The van der Waals surface area contributed by atoms with Gasteiger partial charge >= 0.3 is 17.9 Å². The first kappa shape index (κ1) is 30.7. The number of hydrogen-bond acceptors (Lipinski definition) is 8. The predicted octanol–water partition coefficient (Wildman–Crippen LogP) is 6.22. The Labute approximate surface area is 261 Å². The van der Waals surface area contributed by atoms with Crippen molar-refractivity contribution in [3.05, 3.63) is 149 Å². The van der Waals surface area contributed by atoms with Crippen LogP contribution in [0.15, 0.2) is 137 Å². The molecule has 0 amide bonds. The van der Waals surface area contributed by atoms with Crippen molar-refractivity contribution in [1.29, 1.82) is 0 Å². The maximum atomic E-state index is 14.1. The zero-order valence-electron chi connectivity index (χ0n) is 25.2. The fraction of sp³-hybridized carbons (Fsp3) is 0.135. The zero-order chi connectivity index (χ0) is 31.8. The number of methoxy groups -OCH3 is 2. The number of carbonyl (C=O) groups is 3. The summed E-state index contributed by atoms with van der Waals surface area (Å²) in [6.07, 6.45) is 0. The highest BCUT2D eigenvalue weighted by molar-refractivity contribution is 6.51. The van der Waals surface area contributed by atoms with Crippen molar-refractivity contribution in [3.8, 4) is 0 Å². The van der Waals surface area contributed by atoms with Gasteiger partial charge in [-0.15, -0.1) is 0 Å². The van der Waals surface area contributed by atoms with Crippen molar-refractivity contribution in [2.45, 2.75) is 12.5 Å². The number of rotatable bonds is 10. The third-order valence-corrected chi connectivity index (χ3v) is 7.35. The van der Waals surface area contributed by atoms with Crippen molar-refractivity contribution in [2.24, 2.45) is 4.99 Å². The number of nitrogens with zero attached hydrogens (tertiary/aromatic N) is 1. The first-order chi connectivity index (χ1) is 22.0. The molecule has 4 aromatic carbocycles. The average molecular weight is 601 g/mol. The first-order valence-corrected chi connectivity index (χ1v) is 14.4. The van der Waals surface area contributed by atoms with Crippen LogP contribution in [0.25, 0.3) is 11.3 Å². The van der Waals surface area contributed by atoms with Gasteiger partial charge in [0.25, 0.3) is 0 Å². The second-order valence-corrected chi connectivity index (χ2v) is 9.96. The molecule has 0 saturated carbocycles. The molecule has 5 rings (SSSR count). The Kier molecular flexibility index (Phi) is 9.34. The largest absolute Gasteiger partial charge is 0.466 e. The van der Waals surface area contributed by atoms with E-state index in [1.807, 2.05) is 97.1 Å². The Morgan fingerprint density at radius 2 is 1.18 bits per heavy atom. The zero-order valence-corrected chi connectivity index (χ0v) is 25.2. The summed E-state index contributed by atoms with van der Waals surface area (Å²) in [5.41, 5.74) is 1.15. The van der Waals surface area contributed by atoms with Gasteiger partial charge in [0.15, 0.2) is 5.71 Å². The number of benzene rings is 4. The van der Waals surface area contributed by atoms with Crippen LogP contribution in [0.2, 0.25) is 0 Å². The van der Waals surface area contributed by atoms with Crippen molar-refractivity contribution in [1.82, 2.24) is 0 Å². The lowest BCUT2D eigenvalue weighted by atomic mass is 9.72. The minimum absolute atomic E-state index is 0.0183. The fourth-order valence-corrected chi connectivity index (χ4v) is 5.48. The van der Waals surface area contributed by atoms with E-state index in [0.717, 1.165) is 11.3 Å². The quantitative estimate of drug-likeness (QED) is 0.131. The van der Waals surface area contributed by atoms with Crippen LogP contribution < -0.4 is 5.32 Å². The van der Waals surface area contributed by atoms with Gasteiger partial charge in [-0.3, -0.25) is 4.99 Å². The van der Waals surface area contributed by atoms with Crippen molar-refractivity contribution in [2.75, 3.05) is 26.1 Å². The van der Waals surface area contributed by atoms with Gasteiger partial charge in [0, 0.05) is 11.3 Å². The predicted molar refractivity (Wildman–Crippen MR) is 173 cm³/mol. The molecule has 0 spiro atoms. The highest BCUT2D eigenvalue weighted by Gasteiger charge is 2.55. The van der Waals surface area contributed by atoms with Gasteiger partial charge in [-0.05, 0) is 35.7 Å². The Hall–Kier alpha value is -5.76. The van der Waals surface area contributed by atoms with E-state index < -0.39 is 23.4 Å². The summed E-state index contributed by atoms with van der Waals surface area (Å²) in [7, 11) is 2.39. The number of nitrogens with one attached hydrogen (secondary N) is 1. The topological polar surface area (TPSA) is 103 Å². The molecule has 0 radical (unpaired) electrons. The molecular formula is C37H32N2O6. The molecule has 0 aromatic heterocycles. The van der Waals surface area contributed by atoms with E-state index in [9.17, 15) is 14.4 Å². The molecule has 1 heterocycles. The molecule has 226 valence electrons. The molecule has 0 aliphatic carbocycles. The SMILES string of the molecule is CCOC(=O)C1=NC(/C(=C(\Nc2ccccc2)c2ccccc2)c2ccccc2)(c2ccccc2)C(C(=O)OC)=C1C(=O)OC. The Morgan fingerprint density at radius 1 is 0.667 bits per heavy atom. The summed E-state index contributed by atoms with van der Waals surface area (Å²) >= 11 is 0. The van der Waals surface area contributed by atoms with Gasteiger partial charge in [-0.1, -0.05) is 109 Å². The van der Waals surface area contributed by atoms with Gasteiger partial charge in [-0.25, -0.2) is 14.4 Å². The molecule has 8 nitrogen and oxygen atoms in total. The molecule has 4 aromatic rings. The summed E-state index contributed by atoms with van der Waals surface area (Å²) < 4.78 is 15.9. The molecule has 1 unspecified atom stereocenters. The van der Waals surface area contributed by atoms with Crippen LogP contribution in [0.5, 0.6) is 0 Å². The number of para-hydroxylation sites is 1. The summed E-state index contributed by atoms with van der Waals surface area (Å²) in [4.78, 5) is 46.2. The molecule has 0 bridgehead atoms. The summed E-state index contributed by atoms with van der Waals surface area (Å²) in [5.74, 6) is -2.66. The summed E-state index contributed by atoms with van der Waals surface area (Å²) in [6.45, 7) is 1.66. The Balaban J connectivity index is 2.05. The van der Waals surface area contributed by atoms with E-state index in [2.05, 4.69) is 5.32 Å². The van der Waals surface area contributed by atoms with Crippen LogP contribution >= 0.6 is 0 Å². The third kappa shape index (κ3) is 5.90. The van der Waals surface area contributed by atoms with Gasteiger partial charge < -0.3 is 19.5 Å². The van der Waals surface area contributed by atoms with Gasteiger partial charge in [0.2, 0.25) is 0 Å². The van der Waals surface area contributed by atoms with Crippen LogP contribution in [0, 0.1) is 0 Å². The number of carbonyl (C=O) groups excluding carboxylic acids is 3. The number of anilines is 1. The third-order valence-electron chi connectivity index (χ3n) is 7.35. The van der Waals surface area contributed by atoms with Crippen molar-refractivity contribution in [3.63, 3.8) is 0 Å². The standard InChI is InChI=1S/C37H32N2O6/c1-4-45-36(42)33-29(34(40)43-2)31(35(41)44-3)37(39-33,27-21-13-7-14-22-27)30(25-17-9-5-10-18-25)32(26-19-11-6-12-20-26)38-28-23-15-8-16-24-28/h5-24,38H,4H2,1-3H3/b32-30-. The molecule has 1 N–H and O–H groups in total. The summed E-state index contributed by atoms with van der Waals surface area (Å²) in [5, 5.41) is 3.57. The number of ether oxygens (including phenoxy) is 3. The maximum Gasteiger partial charge on any atom is 0.357 e. The van der Waals surface area contributed by atoms with Crippen molar-refractivity contribution >= 4 is 40.6 Å². The van der Waals surface area contributed by atoms with Crippen LogP contribution in [-0.2, 0) is 34.1 Å². The summed E-state index contributed by atoms with van der Waals surface area (Å²) in [6, 6.07) is 37.5. The molecule has 0 saturated heterocycles. The molecule has 1 aliphatic rings. The number of hydrogen-bond donors (Lipinski definition) is 1. The van der Waals surface area contributed by atoms with E-state index in [-0.39, 0.29) is 23.5 Å². The monoisotopic (exact) mass is 600 g/mol. The van der Waals surface area contributed by atoms with Gasteiger partial charge in [-0.2, -0.15) is 0 Å². The number of esters is 3. The normalized spacial score (nSPS) is 16.3. The fourth-order valence-electron chi connectivity index (χ4n) is 5.48. The lowest BCUT2D eigenvalue weighted by Crippen LogP contribution is -2.33. The van der Waals surface area contributed by atoms with Crippen LogP contribution in [0.4, 0.5) is 5.69 Å². The molecule has 1 aliphatic heterocycles. The first-order valence-electron chi connectivity index (χ1n) is 14.4. The second-order valence-electron chi connectivity index (χ2n) is 9.96. The molecule has 0 fully saturated rings. The van der Waals surface area contributed by atoms with E-state index in [0.29, 0.717) is 22.4 Å². The van der Waals surface area contributed by atoms with Crippen LogP contribution in [-0.4, -0.2) is 44.4 Å². The number of aliphatic imine (C=N–C) groups is 1. The maximum absolute atomic E-state index is 14.1. The van der Waals surface area contributed by atoms with Crippen molar-refractivity contribution < 1.29 is 28.6 Å². The van der Waals surface area contributed by atoms with E-state index in [1.165, 1.54) is 14.2 Å². The smallest absolute Gasteiger partial charge is 0.357 e. The highest BCUT2D eigenvalue weighted by Crippen LogP contribution is 2.53. The van der Waals surface area contributed by atoms with E-state index >= 15 is 0 Å². The lowest BCUT2D eigenvalue weighted by Gasteiger charge is -2.35. The average Bonchev–Trinajstić information content (AvgIpc) is 3.46. The minimum atomic E-state index is -1.78. The lowest BCUT2D eigenvalue weighted by molar-refractivity contribution is -0.139. The molecule has 45 heavy (non-hydrogen) atoms. The van der Waals surface area contributed by atoms with E-state index in [1.54, 1.807) is 31.2 Å². The van der Waals surface area contributed by atoms with Crippen LogP contribution in [0.3, 0.4) is 0 Å². The van der Waals surface area contributed by atoms with Gasteiger partial charge in [0.1, 0.15) is 11.1 Å². The molecule has 1 atom stereocenters. The molecule has 8 heteroatoms. The minimum Gasteiger partial charge on any atom is -0.466 e. The Morgan fingerprint density at radius 3 is 1.71 bits per heavy atom. The van der Waals surface area contributed by atoms with E-state index in [4.69, 9.17) is 19.2 Å².